The zero-order valence-corrected chi connectivity index (χ0v) is 14.8. The van der Waals surface area contributed by atoms with Crippen molar-refractivity contribution in [1.82, 2.24) is 24.6 Å². The van der Waals surface area contributed by atoms with Crippen LogP contribution in [-0.4, -0.2) is 37.0 Å². The molecule has 4 rings (SSSR count). The first-order chi connectivity index (χ1) is 12.2. The maximum absolute atomic E-state index is 13.0. The van der Waals surface area contributed by atoms with E-state index in [1.165, 1.54) is 11.3 Å². The van der Waals surface area contributed by atoms with E-state index in [-0.39, 0.29) is 11.7 Å². The maximum Gasteiger partial charge on any atom is 0.300 e. The largest absolute Gasteiger partial charge is 0.300 e. The van der Waals surface area contributed by atoms with Crippen molar-refractivity contribution in [1.29, 1.82) is 0 Å². The van der Waals surface area contributed by atoms with Gasteiger partial charge in [0.05, 0.1) is 5.69 Å². The molecule has 0 radical (unpaired) electrons. The smallest absolute Gasteiger partial charge is 0.277 e. The summed E-state index contributed by atoms with van der Waals surface area (Å²) in [6, 6.07) is 1.83. The van der Waals surface area contributed by atoms with Crippen molar-refractivity contribution in [3.05, 3.63) is 47.0 Å². The fourth-order valence-electron chi connectivity index (χ4n) is 2.95. The third-order valence-corrected chi connectivity index (χ3v) is 5.42. The number of aryl methyl sites for hydroxylation is 3. The Morgan fingerprint density at radius 1 is 1.40 bits per heavy atom. The van der Waals surface area contributed by atoms with Gasteiger partial charge in [-0.25, -0.2) is 14.5 Å². The average molecular weight is 354 g/mol. The first-order valence-corrected chi connectivity index (χ1v) is 9.08. The molecule has 0 saturated heterocycles. The zero-order chi connectivity index (χ0) is 17.4. The average Bonchev–Trinajstić information content (AvgIpc) is 3.23. The minimum absolute atomic E-state index is 0.122. The summed E-state index contributed by atoms with van der Waals surface area (Å²) >= 11 is 1.58. The molecule has 1 aliphatic carbocycles. The van der Waals surface area contributed by atoms with E-state index >= 15 is 0 Å². The molecule has 0 aliphatic heterocycles. The van der Waals surface area contributed by atoms with Crippen LogP contribution in [0.2, 0.25) is 0 Å². The summed E-state index contributed by atoms with van der Waals surface area (Å²) in [6.45, 7) is 6.03. The molecule has 3 aromatic heterocycles. The summed E-state index contributed by atoms with van der Waals surface area (Å²) in [6.07, 6.45) is 7.71. The molecule has 7 nitrogen and oxygen atoms in total. The summed E-state index contributed by atoms with van der Waals surface area (Å²) in [5.74, 6) is 0.257. The van der Waals surface area contributed by atoms with Gasteiger partial charge in [0.2, 0.25) is 5.82 Å². The molecule has 0 N–H and O–H groups in total. The Hall–Kier alpha value is -2.61. The summed E-state index contributed by atoms with van der Waals surface area (Å²) in [5, 5.41) is 5.01. The molecule has 0 bridgehead atoms. The van der Waals surface area contributed by atoms with E-state index in [1.807, 2.05) is 13.0 Å². The molecular formula is C17H18N6OS. The molecule has 1 aliphatic rings. The van der Waals surface area contributed by atoms with Crippen LogP contribution in [0.3, 0.4) is 0 Å². The van der Waals surface area contributed by atoms with Crippen LogP contribution < -0.4 is 4.90 Å². The lowest BCUT2D eigenvalue weighted by Crippen LogP contribution is -2.32. The second-order valence-electron chi connectivity index (χ2n) is 6.01. The molecule has 0 unspecified atom stereocenters. The highest BCUT2D eigenvalue weighted by atomic mass is 32.1. The molecule has 128 valence electrons. The third kappa shape index (κ3) is 2.82. The topological polar surface area (TPSA) is 76.3 Å². The van der Waals surface area contributed by atoms with Gasteiger partial charge in [0, 0.05) is 23.3 Å². The van der Waals surface area contributed by atoms with Gasteiger partial charge in [0.15, 0.2) is 5.13 Å². The Bertz CT molecular complexity index is 936. The van der Waals surface area contributed by atoms with Crippen molar-refractivity contribution in [3.63, 3.8) is 0 Å². The van der Waals surface area contributed by atoms with E-state index in [1.54, 1.807) is 33.0 Å². The number of nitrogens with zero attached hydrogens (tertiary/aromatic N) is 6. The Labute approximate surface area is 149 Å². The van der Waals surface area contributed by atoms with Crippen molar-refractivity contribution in [2.75, 3.05) is 11.4 Å². The number of hydrogen-bond donors (Lipinski definition) is 0. The summed E-state index contributed by atoms with van der Waals surface area (Å²) in [4.78, 5) is 29.0. The van der Waals surface area contributed by atoms with E-state index in [0.29, 0.717) is 17.5 Å². The lowest BCUT2D eigenvalue weighted by molar-refractivity contribution is 0.0980. The molecule has 3 heterocycles. The molecule has 0 fully saturated rings. The van der Waals surface area contributed by atoms with E-state index in [4.69, 9.17) is 0 Å². The number of amides is 1. The third-order valence-electron chi connectivity index (χ3n) is 4.24. The number of anilines is 1. The maximum atomic E-state index is 13.0. The van der Waals surface area contributed by atoms with Crippen LogP contribution in [0.15, 0.2) is 24.9 Å². The van der Waals surface area contributed by atoms with Gasteiger partial charge in [-0.1, -0.05) is 6.08 Å². The highest BCUT2D eigenvalue weighted by Gasteiger charge is 2.26. The normalized spacial score (nSPS) is 13.6. The number of hydrogen-bond acceptors (Lipinski definition) is 6. The Balaban J connectivity index is 1.71. The predicted octanol–water partition coefficient (Wildman–Crippen LogP) is 2.60. The number of thiazole rings is 1. The van der Waals surface area contributed by atoms with Crippen molar-refractivity contribution < 1.29 is 4.79 Å². The standard InChI is InChI=1S/C17H18N6OS/c1-3-10-22(17-19-12-6-4-5-7-13(12)25-17)15(24)14-20-16-18-9-8-11(2)23(16)21-14/h3,8-9H,1,4-7,10H2,2H3. The fourth-order valence-corrected chi connectivity index (χ4v) is 4.10. The van der Waals surface area contributed by atoms with Crippen LogP contribution in [0.1, 0.15) is 39.7 Å². The van der Waals surface area contributed by atoms with Gasteiger partial charge in [0.25, 0.3) is 11.7 Å². The van der Waals surface area contributed by atoms with E-state index in [2.05, 4.69) is 26.6 Å². The summed E-state index contributed by atoms with van der Waals surface area (Å²) in [5.41, 5.74) is 1.99. The quantitative estimate of drug-likeness (QED) is 0.673. The van der Waals surface area contributed by atoms with Crippen LogP contribution in [-0.2, 0) is 12.8 Å². The lowest BCUT2D eigenvalue weighted by atomic mass is 10.0. The number of rotatable bonds is 4. The van der Waals surface area contributed by atoms with Gasteiger partial charge < -0.3 is 0 Å². The predicted molar refractivity (Wildman–Crippen MR) is 96.1 cm³/mol. The van der Waals surface area contributed by atoms with Gasteiger partial charge >= 0.3 is 0 Å². The minimum Gasteiger partial charge on any atom is -0.277 e. The monoisotopic (exact) mass is 354 g/mol. The van der Waals surface area contributed by atoms with Crippen LogP contribution >= 0.6 is 11.3 Å². The molecular weight excluding hydrogens is 336 g/mol. The van der Waals surface area contributed by atoms with Crippen molar-refractivity contribution in [3.8, 4) is 0 Å². The molecule has 25 heavy (non-hydrogen) atoms. The van der Waals surface area contributed by atoms with Gasteiger partial charge in [-0.2, -0.15) is 4.98 Å². The van der Waals surface area contributed by atoms with Gasteiger partial charge in [0.1, 0.15) is 0 Å². The minimum atomic E-state index is -0.282. The van der Waals surface area contributed by atoms with E-state index < -0.39 is 0 Å². The van der Waals surface area contributed by atoms with Gasteiger partial charge in [-0.05, 0) is 38.7 Å². The molecule has 8 heteroatoms. The Kier molecular flexibility index (Phi) is 4.04. The van der Waals surface area contributed by atoms with E-state index in [0.717, 1.165) is 30.7 Å². The first-order valence-electron chi connectivity index (χ1n) is 8.27. The van der Waals surface area contributed by atoms with Crippen LogP contribution in [0.25, 0.3) is 5.78 Å². The van der Waals surface area contributed by atoms with Gasteiger partial charge in [-0.15, -0.1) is 23.0 Å². The molecule has 3 aromatic rings. The van der Waals surface area contributed by atoms with Crippen molar-refractivity contribution in [2.45, 2.75) is 32.6 Å². The second kappa shape index (κ2) is 6.36. The zero-order valence-electron chi connectivity index (χ0n) is 14.0. The number of aromatic nitrogens is 5. The summed E-state index contributed by atoms with van der Waals surface area (Å²) in [7, 11) is 0. The second-order valence-corrected chi connectivity index (χ2v) is 7.07. The SMILES string of the molecule is C=CCN(C(=O)c1nc2nccc(C)n2n1)c1nc2c(s1)CCCC2. The Morgan fingerprint density at radius 2 is 2.24 bits per heavy atom. The highest BCUT2D eigenvalue weighted by molar-refractivity contribution is 7.16. The van der Waals surface area contributed by atoms with Crippen LogP contribution in [0, 0.1) is 6.92 Å². The molecule has 0 spiro atoms. The first kappa shape index (κ1) is 15.9. The lowest BCUT2D eigenvalue weighted by Gasteiger charge is -2.15. The molecule has 1 amide bonds. The number of carbonyl (C=O) groups excluding carboxylic acids is 1. The highest BCUT2D eigenvalue weighted by Crippen LogP contribution is 2.32. The fraction of sp³-hybridized carbons (Fsp3) is 0.353. The van der Waals surface area contributed by atoms with Crippen LogP contribution in [0.4, 0.5) is 5.13 Å². The number of carbonyl (C=O) groups is 1. The van der Waals surface area contributed by atoms with Crippen molar-refractivity contribution in [2.24, 2.45) is 0 Å². The number of fused-ring (bicyclic) bond motifs is 2. The van der Waals surface area contributed by atoms with Crippen molar-refractivity contribution >= 4 is 28.2 Å². The van der Waals surface area contributed by atoms with Gasteiger partial charge in [-0.3, -0.25) is 9.69 Å². The van der Waals surface area contributed by atoms with E-state index in [9.17, 15) is 4.79 Å². The molecule has 0 atom stereocenters. The molecule has 0 saturated carbocycles. The Morgan fingerprint density at radius 3 is 3.00 bits per heavy atom. The molecule has 0 aromatic carbocycles. The van der Waals surface area contributed by atoms with Crippen LogP contribution in [0.5, 0.6) is 0 Å². The summed E-state index contributed by atoms with van der Waals surface area (Å²) < 4.78 is 1.58.